The van der Waals surface area contributed by atoms with E-state index in [2.05, 4.69) is 44.9 Å². The predicted octanol–water partition coefficient (Wildman–Crippen LogP) is 4.72. The Morgan fingerprint density at radius 1 is 1.07 bits per heavy atom. The number of aryl methyl sites for hydroxylation is 3. The molecular formula is C20H20ClN5O2. The van der Waals surface area contributed by atoms with Gasteiger partial charge in [-0.2, -0.15) is 10.1 Å². The van der Waals surface area contributed by atoms with Gasteiger partial charge in [0, 0.05) is 5.69 Å². The molecule has 0 bridgehead atoms. The molecule has 0 spiro atoms. The Bertz CT molecular complexity index is 1020. The lowest BCUT2D eigenvalue weighted by Gasteiger charge is -2.13. The van der Waals surface area contributed by atoms with Gasteiger partial charge < -0.3 is 15.4 Å². The first-order valence-corrected chi connectivity index (χ1v) is 8.94. The van der Waals surface area contributed by atoms with Crippen LogP contribution in [-0.2, 0) is 4.74 Å². The molecule has 0 aliphatic carbocycles. The van der Waals surface area contributed by atoms with Crippen LogP contribution in [0.1, 0.15) is 27.0 Å². The number of hydrogen-bond donors (Lipinski definition) is 2. The van der Waals surface area contributed by atoms with E-state index in [9.17, 15) is 4.79 Å². The fraction of sp³-hybridized carbons (Fsp3) is 0.200. The summed E-state index contributed by atoms with van der Waals surface area (Å²) in [5, 5.41) is 14.7. The third-order valence-corrected chi connectivity index (χ3v) is 4.45. The molecule has 0 saturated carbocycles. The van der Waals surface area contributed by atoms with Crippen LogP contribution < -0.4 is 10.6 Å². The van der Waals surface area contributed by atoms with Gasteiger partial charge in [-0.15, -0.1) is 5.10 Å². The maximum atomic E-state index is 11.7. The number of rotatable bonds is 5. The number of ether oxygens (including phenoxy) is 1. The van der Waals surface area contributed by atoms with Gasteiger partial charge in [-0.1, -0.05) is 29.3 Å². The van der Waals surface area contributed by atoms with E-state index in [1.54, 1.807) is 18.2 Å². The molecule has 0 radical (unpaired) electrons. The molecule has 0 saturated heterocycles. The van der Waals surface area contributed by atoms with Crippen molar-refractivity contribution >= 4 is 40.7 Å². The van der Waals surface area contributed by atoms with Crippen LogP contribution in [-0.4, -0.2) is 28.3 Å². The van der Waals surface area contributed by atoms with E-state index in [4.69, 9.17) is 16.3 Å². The van der Waals surface area contributed by atoms with E-state index >= 15 is 0 Å². The highest BCUT2D eigenvalue weighted by Crippen LogP contribution is 2.27. The van der Waals surface area contributed by atoms with Crippen LogP contribution in [0.15, 0.2) is 36.5 Å². The van der Waals surface area contributed by atoms with Crippen LogP contribution in [0.5, 0.6) is 0 Å². The smallest absolute Gasteiger partial charge is 0.337 e. The fourth-order valence-electron chi connectivity index (χ4n) is 2.91. The van der Waals surface area contributed by atoms with Crippen molar-refractivity contribution in [3.8, 4) is 0 Å². The molecule has 1 heterocycles. The van der Waals surface area contributed by atoms with Crippen LogP contribution >= 0.6 is 11.6 Å². The molecule has 0 atom stereocenters. The first kappa shape index (κ1) is 19.6. The summed E-state index contributed by atoms with van der Waals surface area (Å²) in [6, 6.07) is 8.97. The van der Waals surface area contributed by atoms with Crippen molar-refractivity contribution < 1.29 is 9.53 Å². The Kier molecular flexibility index (Phi) is 5.75. The molecule has 3 rings (SSSR count). The molecule has 0 aliphatic rings. The number of nitrogens with zero attached hydrogens (tertiary/aromatic N) is 3. The first-order chi connectivity index (χ1) is 13.4. The summed E-state index contributed by atoms with van der Waals surface area (Å²) in [5.74, 6) is 0.331. The summed E-state index contributed by atoms with van der Waals surface area (Å²) in [7, 11) is 1.32. The second-order valence-corrected chi connectivity index (χ2v) is 6.78. The Labute approximate surface area is 168 Å². The zero-order valence-electron chi connectivity index (χ0n) is 16.0. The van der Waals surface area contributed by atoms with Crippen molar-refractivity contribution in [3.05, 3.63) is 63.8 Å². The molecule has 0 aliphatic heterocycles. The highest BCUT2D eigenvalue weighted by molar-refractivity contribution is 6.33. The minimum Gasteiger partial charge on any atom is -0.465 e. The van der Waals surface area contributed by atoms with Gasteiger partial charge in [-0.3, -0.25) is 0 Å². The second kappa shape index (κ2) is 8.22. The van der Waals surface area contributed by atoms with Crippen LogP contribution in [0.3, 0.4) is 0 Å². The van der Waals surface area contributed by atoms with Gasteiger partial charge in [-0.05, 0) is 50.1 Å². The third-order valence-electron chi connectivity index (χ3n) is 4.12. The molecule has 7 nitrogen and oxygen atoms in total. The number of esters is 1. The van der Waals surface area contributed by atoms with E-state index in [1.807, 2.05) is 13.8 Å². The molecule has 3 aromatic rings. The number of methoxy groups -OCH3 is 1. The van der Waals surface area contributed by atoms with Gasteiger partial charge in [0.05, 0.1) is 29.6 Å². The van der Waals surface area contributed by atoms with Crippen LogP contribution in [0.4, 0.5) is 23.1 Å². The average Bonchev–Trinajstić information content (AvgIpc) is 2.66. The lowest BCUT2D eigenvalue weighted by atomic mass is 10.1. The number of halogens is 1. The summed E-state index contributed by atoms with van der Waals surface area (Å²) in [6.07, 6.45) is 1.47. The number of anilines is 4. The molecule has 0 amide bonds. The first-order valence-electron chi connectivity index (χ1n) is 8.57. The van der Waals surface area contributed by atoms with Crippen LogP contribution in [0, 0.1) is 20.8 Å². The Morgan fingerprint density at radius 2 is 1.79 bits per heavy atom. The number of carbonyl (C=O) groups excluding carboxylic acids is 1. The number of carbonyl (C=O) groups is 1. The highest BCUT2D eigenvalue weighted by atomic mass is 35.5. The molecule has 2 aromatic carbocycles. The Hall–Kier alpha value is -3.19. The second-order valence-electron chi connectivity index (χ2n) is 6.38. The SMILES string of the molecule is COC(=O)c1ccc(Cl)c(Nc2cnnc(Nc3c(C)cc(C)cc3C)n2)c1. The molecular weight excluding hydrogens is 378 g/mol. The van der Waals surface area contributed by atoms with E-state index < -0.39 is 5.97 Å². The maximum Gasteiger partial charge on any atom is 0.337 e. The van der Waals surface area contributed by atoms with E-state index in [0.717, 1.165) is 16.8 Å². The standard InChI is InChI=1S/C20H20ClN5O2/c1-11-7-12(2)18(13(3)8-11)25-20-24-17(10-22-26-20)23-16-9-14(19(27)28-4)5-6-15(16)21/h5-10H,1-4H3,(H2,23,24,25,26). The van der Waals surface area contributed by atoms with Gasteiger partial charge in [0.2, 0.25) is 5.95 Å². The van der Waals surface area contributed by atoms with Gasteiger partial charge >= 0.3 is 5.97 Å². The molecule has 0 unspecified atom stereocenters. The van der Waals surface area contributed by atoms with Gasteiger partial charge in [0.1, 0.15) is 0 Å². The normalized spacial score (nSPS) is 10.5. The highest BCUT2D eigenvalue weighted by Gasteiger charge is 2.11. The van der Waals surface area contributed by atoms with Crippen molar-refractivity contribution in [1.29, 1.82) is 0 Å². The Balaban J connectivity index is 1.86. The quantitative estimate of drug-likeness (QED) is 0.602. The molecule has 0 fully saturated rings. The largest absolute Gasteiger partial charge is 0.465 e. The van der Waals surface area contributed by atoms with E-state index in [1.165, 1.54) is 18.9 Å². The monoisotopic (exact) mass is 397 g/mol. The molecule has 8 heteroatoms. The number of hydrogen-bond acceptors (Lipinski definition) is 7. The maximum absolute atomic E-state index is 11.7. The number of nitrogens with one attached hydrogen (secondary N) is 2. The van der Waals surface area contributed by atoms with Crippen molar-refractivity contribution in [2.45, 2.75) is 20.8 Å². The van der Waals surface area contributed by atoms with Crippen molar-refractivity contribution in [2.24, 2.45) is 0 Å². The van der Waals surface area contributed by atoms with Gasteiger partial charge in [0.15, 0.2) is 5.82 Å². The summed E-state index contributed by atoms with van der Waals surface area (Å²) in [4.78, 5) is 16.2. The molecule has 2 N–H and O–H groups in total. The number of aromatic nitrogens is 3. The molecule has 1 aromatic heterocycles. The van der Waals surface area contributed by atoms with Crippen LogP contribution in [0.2, 0.25) is 5.02 Å². The lowest BCUT2D eigenvalue weighted by molar-refractivity contribution is 0.0601. The average molecular weight is 398 g/mol. The van der Waals surface area contributed by atoms with Gasteiger partial charge in [0.25, 0.3) is 0 Å². The zero-order chi connectivity index (χ0) is 20.3. The number of benzene rings is 2. The summed E-state index contributed by atoms with van der Waals surface area (Å²) >= 11 is 6.23. The zero-order valence-corrected chi connectivity index (χ0v) is 16.8. The van der Waals surface area contributed by atoms with Crippen molar-refractivity contribution in [2.75, 3.05) is 17.7 Å². The van der Waals surface area contributed by atoms with E-state index in [0.29, 0.717) is 28.0 Å². The minimum absolute atomic E-state index is 0.347. The third kappa shape index (κ3) is 4.37. The van der Waals surface area contributed by atoms with Crippen molar-refractivity contribution in [3.63, 3.8) is 0 Å². The van der Waals surface area contributed by atoms with Gasteiger partial charge in [-0.25, -0.2) is 4.79 Å². The lowest BCUT2D eigenvalue weighted by Crippen LogP contribution is -2.06. The molecule has 144 valence electrons. The minimum atomic E-state index is -0.451. The summed E-state index contributed by atoms with van der Waals surface area (Å²) in [6.45, 7) is 6.10. The topological polar surface area (TPSA) is 89.0 Å². The summed E-state index contributed by atoms with van der Waals surface area (Å²) in [5.41, 5.74) is 5.20. The van der Waals surface area contributed by atoms with E-state index in [-0.39, 0.29) is 0 Å². The van der Waals surface area contributed by atoms with Crippen LogP contribution in [0.25, 0.3) is 0 Å². The fourth-order valence-corrected chi connectivity index (χ4v) is 3.07. The molecule has 28 heavy (non-hydrogen) atoms. The summed E-state index contributed by atoms with van der Waals surface area (Å²) < 4.78 is 4.74. The Morgan fingerprint density at radius 3 is 2.46 bits per heavy atom. The van der Waals surface area contributed by atoms with Crippen molar-refractivity contribution in [1.82, 2.24) is 15.2 Å². The predicted molar refractivity (Wildman–Crippen MR) is 110 cm³/mol.